The Morgan fingerprint density at radius 1 is 1.37 bits per heavy atom. The molecule has 1 fully saturated rings. The van der Waals surface area contributed by atoms with Gasteiger partial charge in [0.2, 0.25) is 0 Å². The molecule has 1 aliphatic rings. The Balaban J connectivity index is 2.11. The van der Waals surface area contributed by atoms with Gasteiger partial charge in [0, 0.05) is 13.1 Å². The highest BCUT2D eigenvalue weighted by Gasteiger charge is 2.42. The lowest BCUT2D eigenvalue weighted by molar-refractivity contribution is -0.176. The average molecular weight is 275 g/mol. The van der Waals surface area contributed by atoms with E-state index >= 15 is 0 Å². The van der Waals surface area contributed by atoms with Gasteiger partial charge in [-0.05, 0) is 25.0 Å². The number of carbonyl (C=O) groups is 1. The van der Waals surface area contributed by atoms with Gasteiger partial charge in [-0.2, -0.15) is 13.2 Å². The first-order valence-corrected chi connectivity index (χ1v) is 5.76. The quantitative estimate of drug-likeness (QED) is 0.893. The first kappa shape index (κ1) is 13.6. The van der Waals surface area contributed by atoms with Crippen LogP contribution in [-0.2, 0) is 0 Å². The number of hydrogen-bond acceptors (Lipinski definition) is 4. The summed E-state index contributed by atoms with van der Waals surface area (Å²) in [5, 5.41) is 15.8. The largest absolute Gasteiger partial charge is 0.476 e. The summed E-state index contributed by atoms with van der Waals surface area (Å²) in [5.41, 5.74) is -0.229. The zero-order valence-electron chi connectivity index (χ0n) is 9.89. The third kappa shape index (κ3) is 3.12. The Hall–Kier alpha value is -1.86. The molecule has 1 aliphatic heterocycles. The van der Waals surface area contributed by atoms with Gasteiger partial charge >= 0.3 is 12.1 Å². The third-order valence-corrected chi connectivity index (χ3v) is 3.08. The lowest BCUT2D eigenvalue weighted by Gasteiger charge is -2.34. The van der Waals surface area contributed by atoms with E-state index in [-0.39, 0.29) is 24.5 Å². The van der Waals surface area contributed by atoms with Crippen molar-refractivity contribution in [2.45, 2.75) is 19.0 Å². The Labute approximate surface area is 107 Å². The number of alkyl halides is 3. The Bertz CT molecular complexity index is 461. The van der Waals surface area contributed by atoms with Gasteiger partial charge in [-0.3, -0.25) is 0 Å². The van der Waals surface area contributed by atoms with Gasteiger partial charge in [-0.25, -0.2) is 4.79 Å². The molecule has 0 saturated carbocycles. The predicted molar refractivity (Wildman–Crippen MR) is 60.0 cm³/mol. The van der Waals surface area contributed by atoms with E-state index < -0.39 is 18.1 Å². The molecule has 1 atom stereocenters. The van der Waals surface area contributed by atoms with E-state index in [1.165, 1.54) is 17.0 Å². The molecule has 1 aromatic rings. The normalized spacial score (nSPS) is 20.4. The van der Waals surface area contributed by atoms with Gasteiger partial charge < -0.3 is 10.0 Å². The van der Waals surface area contributed by atoms with Crippen molar-refractivity contribution in [2.75, 3.05) is 18.0 Å². The minimum Gasteiger partial charge on any atom is -0.476 e. The van der Waals surface area contributed by atoms with Crippen LogP contribution >= 0.6 is 0 Å². The van der Waals surface area contributed by atoms with Crippen LogP contribution < -0.4 is 4.90 Å². The van der Waals surface area contributed by atoms with Crippen molar-refractivity contribution in [1.82, 2.24) is 10.2 Å². The molecule has 1 unspecified atom stereocenters. The SMILES string of the molecule is O=C(O)c1ccc(N2CCCC(C(F)(F)F)C2)nn1. The van der Waals surface area contributed by atoms with Gasteiger partial charge in [0.1, 0.15) is 0 Å². The third-order valence-electron chi connectivity index (χ3n) is 3.08. The maximum absolute atomic E-state index is 12.7. The fourth-order valence-electron chi connectivity index (χ4n) is 2.06. The molecule has 0 aliphatic carbocycles. The van der Waals surface area contributed by atoms with Crippen molar-refractivity contribution in [3.05, 3.63) is 17.8 Å². The molecule has 1 saturated heterocycles. The molecular formula is C11H12F3N3O2. The van der Waals surface area contributed by atoms with Crippen molar-refractivity contribution in [1.29, 1.82) is 0 Å². The number of aromatic carboxylic acids is 1. The monoisotopic (exact) mass is 275 g/mol. The Morgan fingerprint density at radius 2 is 2.11 bits per heavy atom. The van der Waals surface area contributed by atoms with Crippen LogP contribution in [0.25, 0.3) is 0 Å². The molecule has 0 spiro atoms. The second kappa shape index (κ2) is 5.02. The summed E-state index contributed by atoms with van der Waals surface area (Å²) in [4.78, 5) is 12.1. The standard InChI is InChI=1S/C11H12F3N3O2/c12-11(13,14)7-2-1-5-17(6-7)9-4-3-8(10(18)19)15-16-9/h3-4,7H,1-2,5-6H2,(H,18,19). The number of anilines is 1. The van der Waals surface area contributed by atoms with E-state index in [9.17, 15) is 18.0 Å². The Morgan fingerprint density at radius 3 is 2.63 bits per heavy atom. The lowest BCUT2D eigenvalue weighted by atomic mass is 9.97. The summed E-state index contributed by atoms with van der Waals surface area (Å²) in [6.07, 6.45) is -3.68. The molecule has 0 bridgehead atoms. The van der Waals surface area contributed by atoms with Gasteiger partial charge in [0.25, 0.3) is 0 Å². The summed E-state index contributed by atoms with van der Waals surface area (Å²) < 4.78 is 38.0. The van der Waals surface area contributed by atoms with E-state index in [4.69, 9.17) is 5.11 Å². The van der Waals surface area contributed by atoms with E-state index in [0.29, 0.717) is 13.0 Å². The molecule has 1 N–H and O–H groups in total. The van der Waals surface area contributed by atoms with Crippen LogP contribution in [0.2, 0.25) is 0 Å². The summed E-state index contributed by atoms with van der Waals surface area (Å²) in [5.74, 6) is -2.31. The van der Waals surface area contributed by atoms with Gasteiger partial charge in [0.15, 0.2) is 11.5 Å². The van der Waals surface area contributed by atoms with E-state index in [0.717, 1.165) is 0 Å². The van der Waals surface area contributed by atoms with E-state index in [1.807, 2.05) is 0 Å². The number of piperidine rings is 1. The van der Waals surface area contributed by atoms with Crippen molar-refractivity contribution >= 4 is 11.8 Å². The zero-order chi connectivity index (χ0) is 14.0. The van der Waals surface area contributed by atoms with Gasteiger partial charge in [0.05, 0.1) is 5.92 Å². The fraction of sp³-hybridized carbons (Fsp3) is 0.545. The van der Waals surface area contributed by atoms with E-state index in [1.54, 1.807) is 0 Å². The number of hydrogen-bond donors (Lipinski definition) is 1. The highest BCUT2D eigenvalue weighted by molar-refractivity contribution is 5.85. The number of carboxylic acids is 1. The number of nitrogens with zero attached hydrogens (tertiary/aromatic N) is 3. The smallest absolute Gasteiger partial charge is 0.393 e. The van der Waals surface area contributed by atoms with Crippen LogP contribution in [0.15, 0.2) is 12.1 Å². The molecular weight excluding hydrogens is 263 g/mol. The highest BCUT2D eigenvalue weighted by Crippen LogP contribution is 2.34. The maximum atomic E-state index is 12.7. The first-order valence-electron chi connectivity index (χ1n) is 5.76. The minimum absolute atomic E-state index is 0.112. The summed E-state index contributed by atoms with van der Waals surface area (Å²) >= 11 is 0. The summed E-state index contributed by atoms with van der Waals surface area (Å²) in [7, 11) is 0. The van der Waals surface area contributed by atoms with Gasteiger partial charge in [-0.15, -0.1) is 10.2 Å². The van der Waals surface area contributed by atoms with E-state index in [2.05, 4.69) is 10.2 Å². The lowest BCUT2D eigenvalue weighted by Crippen LogP contribution is -2.42. The fourth-order valence-corrected chi connectivity index (χ4v) is 2.06. The molecule has 0 amide bonds. The maximum Gasteiger partial charge on any atom is 0.393 e. The predicted octanol–water partition coefficient (Wildman–Crippen LogP) is 1.95. The molecule has 104 valence electrons. The summed E-state index contributed by atoms with van der Waals surface area (Å²) in [6.45, 7) is 0.304. The molecule has 0 aromatic carbocycles. The molecule has 2 heterocycles. The Kier molecular flexibility index (Phi) is 3.59. The summed E-state index contributed by atoms with van der Waals surface area (Å²) in [6, 6.07) is 2.62. The molecule has 1 aromatic heterocycles. The van der Waals surface area contributed by atoms with Crippen molar-refractivity contribution < 1.29 is 23.1 Å². The highest BCUT2D eigenvalue weighted by atomic mass is 19.4. The number of aromatic nitrogens is 2. The van der Waals surface area contributed by atoms with Crippen LogP contribution in [0.4, 0.5) is 19.0 Å². The second-order valence-corrected chi connectivity index (χ2v) is 4.41. The van der Waals surface area contributed by atoms with Gasteiger partial charge in [-0.1, -0.05) is 0 Å². The number of halogens is 3. The second-order valence-electron chi connectivity index (χ2n) is 4.41. The molecule has 0 radical (unpaired) electrons. The first-order chi connectivity index (χ1) is 8.88. The average Bonchev–Trinajstić information content (AvgIpc) is 2.38. The van der Waals surface area contributed by atoms with Crippen LogP contribution in [0.1, 0.15) is 23.3 Å². The van der Waals surface area contributed by atoms with Crippen molar-refractivity contribution in [3.8, 4) is 0 Å². The topological polar surface area (TPSA) is 66.3 Å². The van der Waals surface area contributed by atoms with Crippen LogP contribution in [0.3, 0.4) is 0 Å². The number of carboxylic acid groups (broad SMARTS) is 1. The zero-order valence-corrected chi connectivity index (χ0v) is 9.89. The van der Waals surface area contributed by atoms with Crippen molar-refractivity contribution in [2.24, 2.45) is 5.92 Å². The molecule has 19 heavy (non-hydrogen) atoms. The molecule has 8 heteroatoms. The molecule has 2 rings (SSSR count). The number of rotatable bonds is 2. The van der Waals surface area contributed by atoms with Crippen molar-refractivity contribution in [3.63, 3.8) is 0 Å². The van der Waals surface area contributed by atoms with Crippen LogP contribution in [-0.4, -0.2) is 40.5 Å². The van der Waals surface area contributed by atoms with Crippen LogP contribution in [0.5, 0.6) is 0 Å². The van der Waals surface area contributed by atoms with Crippen LogP contribution in [0, 0.1) is 5.92 Å². The molecule has 5 nitrogen and oxygen atoms in total. The minimum atomic E-state index is -4.22.